The topological polar surface area (TPSA) is 47.3 Å². The second-order valence-electron chi connectivity index (χ2n) is 6.46. The average molecular weight is 266 g/mol. The lowest BCUT2D eigenvalue weighted by atomic mass is 9.97. The molecule has 3 nitrogen and oxygen atoms in total. The molecule has 19 heavy (non-hydrogen) atoms. The molecule has 0 amide bonds. The van der Waals surface area contributed by atoms with Crippen LogP contribution in [0.2, 0.25) is 0 Å². The maximum Gasteiger partial charge on any atom is 0.165 e. The summed E-state index contributed by atoms with van der Waals surface area (Å²) in [4.78, 5) is 0. The van der Waals surface area contributed by atoms with Crippen molar-refractivity contribution in [2.75, 3.05) is 7.11 Å². The van der Waals surface area contributed by atoms with Crippen molar-refractivity contribution in [3.8, 4) is 5.75 Å². The Kier molecular flexibility index (Phi) is 3.35. The number of hydrazine groups is 1. The van der Waals surface area contributed by atoms with Crippen LogP contribution >= 0.6 is 0 Å². The third kappa shape index (κ3) is 2.03. The van der Waals surface area contributed by atoms with Gasteiger partial charge in [0.25, 0.3) is 0 Å². The van der Waals surface area contributed by atoms with Gasteiger partial charge in [0.1, 0.15) is 0 Å². The van der Waals surface area contributed by atoms with E-state index in [1.165, 1.54) is 13.2 Å². The molecule has 1 aromatic carbocycles. The highest BCUT2D eigenvalue weighted by Gasteiger charge is 2.67. The molecule has 0 aromatic heterocycles. The quantitative estimate of drug-likeness (QED) is 0.650. The Morgan fingerprint density at radius 2 is 1.84 bits per heavy atom. The van der Waals surface area contributed by atoms with Gasteiger partial charge in [0, 0.05) is 6.04 Å². The Balaban J connectivity index is 2.32. The van der Waals surface area contributed by atoms with E-state index in [0.717, 1.165) is 5.56 Å². The lowest BCUT2D eigenvalue weighted by Gasteiger charge is -2.19. The second kappa shape index (κ2) is 4.46. The number of nitrogens with one attached hydrogen (secondary N) is 1. The van der Waals surface area contributed by atoms with E-state index in [4.69, 9.17) is 10.6 Å². The summed E-state index contributed by atoms with van der Waals surface area (Å²) in [5.74, 6) is 5.99. The molecule has 1 fully saturated rings. The summed E-state index contributed by atoms with van der Waals surface area (Å²) in [5.41, 5.74) is 4.08. The van der Waals surface area contributed by atoms with Gasteiger partial charge in [0.2, 0.25) is 0 Å². The number of benzene rings is 1. The number of hydrogen-bond donors (Lipinski definition) is 2. The molecule has 106 valence electrons. The summed E-state index contributed by atoms with van der Waals surface area (Å²) in [6.07, 6.45) is 0. The zero-order chi connectivity index (χ0) is 14.4. The predicted molar refractivity (Wildman–Crippen MR) is 74.1 cm³/mol. The van der Waals surface area contributed by atoms with Crippen molar-refractivity contribution in [2.45, 2.75) is 33.7 Å². The van der Waals surface area contributed by atoms with Crippen LogP contribution in [-0.2, 0) is 0 Å². The smallest absolute Gasteiger partial charge is 0.165 e. The standard InChI is InChI=1S/C15H23FN2O/c1-14(2)13(15(14,3)4)12(18-17)9-6-7-11(19-5)10(16)8-9/h6-8,12-13,18H,17H2,1-5H3. The van der Waals surface area contributed by atoms with Gasteiger partial charge in [-0.3, -0.25) is 11.3 Å². The largest absolute Gasteiger partial charge is 0.494 e. The van der Waals surface area contributed by atoms with Crippen molar-refractivity contribution >= 4 is 0 Å². The van der Waals surface area contributed by atoms with Crippen LogP contribution in [-0.4, -0.2) is 7.11 Å². The summed E-state index contributed by atoms with van der Waals surface area (Å²) in [7, 11) is 1.46. The minimum Gasteiger partial charge on any atom is -0.494 e. The molecule has 0 radical (unpaired) electrons. The van der Waals surface area contributed by atoms with E-state index in [2.05, 4.69) is 33.1 Å². The molecule has 1 aromatic rings. The van der Waals surface area contributed by atoms with Crippen LogP contribution in [0.15, 0.2) is 18.2 Å². The van der Waals surface area contributed by atoms with E-state index in [1.54, 1.807) is 6.07 Å². The molecule has 0 bridgehead atoms. The predicted octanol–water partition coefficient (Wildman–Crippen LogP) is 3.02. The maximum absolute atomic E-state index is 13.8. The molecule has 0 saturated heterocycles. The summed E-state index contributed by atoms with van der Waals surface area (Å²) in [6, 6.07) is 4.98. The minimum atomic E-state index is -0.350. The van der Waals surface area contributed by atoms with Crippen molar-refractivity contribution in [3.05, 3.63) is 29.6 Å². The summed E-state index contributed by atoms with van der Waals surface area (Å²) < 4.78 is 18.8. The van der Waals surface area contributed by atoms with E-state index in [1.807, 2.05) is 6.07 Å². The Morgan fingerprint density at radius 1 is 1.26 bits per heavy atom. The van der Waals surface area contributed by atoms with E-state index in [9.17, 15) is 4.39 Å². The fourth-order valence-corrected chi connectivity index (χ4v) is 3.34. The van der Waals surface area contributed by atoms with Gasteiger partial charge in [-0.15, -0.1) is 0 Å². The Bertz CT molecular complexity index is 471. The van der Waals surface area contributed by atoms with Crippen LogP contribution in [0.3, 0.4) is 0 Å². The number of hydrogen-bond acceptors (Lipinski definition) is 3. The van der Waals surface area contributed by atoms with E-state index in [-0.39, 0.29) is 28.4 Å². The highest BCUT2D eigenvalue weighted by atomic mass is 19.1. The molecule has 3 N–H and O–H groups in total. The first-order valence-electron chi connectivity index (χ1n) is 6.57. The van der Waals surface area contributed by atoms with Crippen LogP contribution in [0.1, 0.15) is 39.3 Å². The lowest BCUT2D eigenvalue weighted by Crippen LogP contribution is -2.31. The Hall–Kier alpha value is -1.13. The fraction of sp³-hybridized carbons (Fsp3) is 0.600. The molecule has 0 spiro atoms. The highest BCUT2D eigenvalue weighted by Crippen LogP contribution is 2.72. The first-order valence-corrected chi connectivity index (χ1v) is 6.57. The average Bonchev–Trinajstić information content (AvgIpc) is 2.73. The second-order valence-corrected chi connectivity index (χ2v) is 6.46. The molecular formula is C15H23FN2O. The molecule has 0 heterocycles. The number of nitrogens with two attached hydrogens (primary N) is 1. The molecule has 1 saturated carbocycles. The van der Waals surface area contributed by atoms with Gasteiger partial charge in [-0.1, -0.05) is 33.8 Å². The van der Waals surface area contributed by atoms with Gasteiger partial charge in [-0.25, -0.2) is 4.39 Å². The zero-order valence-electron chi connectivity index (χ0n) is 12.3. The number of methoxy groups -OCH3 is 1. The van der Waals surface area contributed by atoms with Crippen molar-refractivity contribution in [3.63, 3.8) is 0 Å². The van der Waals surface area contributed by atoms with Crippen molar-refractivity contribution in [1.29, 1.82) is 0 Å². The van der Waals surface area contributed by atoms with Gasteiger partial charge in [-0.05, 0) is 34.4 Å². The fourth-order valence-electron chi connectivity index (χ4n) is 3.34. The molecule has 2 rings (SSSR count). The van der Waals surface area contributed by atoms with Crippen LogP contribution < -0.4 is 16.0 Å². The molecule has 1 aliphatic rings. The Labute approximate surface area is 114 Å². The molecule has 1 aliphatic carbocycles. The summed E-state index contributed by atoms with van der Waals surface area (Å²) >= 11 is 0. The van der Waals surface area contributed by atoms with E-state index >= 15 is 0 Å². The molecule has 4 heteroatoms. The van der Waals surface area contributed by atoms with Crippen molar-refractivity contribution in [1.82, 2.24) is 5.43 Å². The molecule has 0 aliphatic heterocycles. The third-order valence-electron chi connectivity index (χ3n) is 5.18. The van der Waals surface area contributed by atoms with Crippen LogP contribution in [0.5, 0.6) is 5.75 Å². The van der Waals surface area contributed by atoms with Crippen molar-refractivity contribution in [2.24, 2.45) is 22.6 Å². The molecule has 1 unspecified atom stereocenters. The Morgan fingerprint density at radius 3 is 2.21 bits per heavy atom. The zero-order valence-corrected chi connectivity index (χ0v) is 12.3. The maximum atomic E-state index is 13.8. The summed E-state index contributed by atoms with van der Waals surface area (Å²) in [6.45, 7) is 8.90. The highest BCUT2D eigenvalue weighted by molar-refractivity contribution is 5.33. The van der Waals surface area contributed by atoms with E-state index in [0.29, 0.717) is 5.92 Å². The third-order valence-corrected chi connectivity index (χ3v) is 5.18. The molecule has 1 atom stereocenters. The molecular weight excluding hydrogens is 243 g/mol. The summed E-state index contributed by atoms with van der Waals surface area (Å²) in [5, 5.41) is 0. The van der Waals surface area contributed by atoms with Crippen molar-refractivity contribution < 1.29 is 9.13 Å². The number of rotatable bonds is 4. The van der Waals surface area contributed by atoms with Crippen LogP contribution in [0, 0.1) is 22.6 Å². The van der Waals surface area contributed by atoms with Gasteiger partial charge < -0.3 is 4.74 Å². The van der Waals surface area contributed by atoms with Gasteiger partial charge in [0.05, 0.1) is 7.11 Å². The number of halogens is 1. The van der Waals surface area contributed by atoms with E-state index < -0.39 is 0 Å². The first kappa shape index (κ1) is 14.3. The SMILES string of the molecule is COc1ccc(C(NN)C2C(C)(C)C2(C)C)cc1F. The number of ether oxygens (including phenoxy) is 1. The lowest BCUT2D eigenvalue weighted by molar-refractivity contribution is 0.382. The first-order chi connectivity index (χ1) is 8.77. The normalized spacial score (nSPS) is 22.1. The minimum absolute atomic E-state index is 0.0505. The van der Waals surface area contributed by atoms with Crippen LogP contribution in [0.4, 0.5) is 4.39 Å². The monoisotopic (exact) mass is 266 g/mol. The van der Waals surface area contributed by atoms with Gasteiger partial charge >= 0.3 is 0 Å². The van der Waals surface area contributed by atoms with Gasteiger partial charge in [-0.2, -0.15) is 0 Å². The van der Waals surface area contributed by atoms with Gasteiger partial charge in [0.15, 0.2) is 11.6 Å². The van der Waals surface area contributed by atoms with Crippen LogP contribution in [0.25, 0.3) is 0 Å².